The van der Waals surface area contributed by atoms with E-state index in [9.17, 15) is 9.59 Å². The Kier molecular flexibility index (Phi) is 8.51. The maximum atomic E-state index is 13.5. The van der Waals surface area contributed by atoms with Gasteiger partial charge in [0.2, 0.25) is 12.7 Å². The zero-order valence-electron chi connectivity index (χ0n) is 19.0. The molecular weight excluding hydrogens is 511 g/mol. The molecule has 1 aliphatic heterocycles. The van der Waals surface area contributed by atoms with Crippen molar-refractivity contribution in [3.05, 3.63) is 80.0 Å². The molecule has 184 valence electrons. The number of ether oxygens (including phenoxy) is 3. The number of carbonyl (C=O) groups is 2. The Bertz CT molecular complexity index is 1170. The maximum Gasteiger partial charge on any atom is 0.254 e. The van der Waals surface area contributed by atoms with E-state index in [-0.39, 0.29) is 38.3 Å². The van der Waals surface area contributed by atoms with E-state index in [1.165, 1.54) is 17.0 Å². The van der Waals surface area contributed by atoms with Crippen molar-refractivity contribution in [2.75, 3.05) is 33.6 Å². The van der Waals surface area contributed by atoms with E-state index in [0.29, 0.717) is 40.2 Å². The number of hydrogen-bond acceptors (Lipinski definition) is 6. The van der Waals surface area contributed by atoms with Gasteiger partial charge >= 0.3 is 0 Å². The topological polar surface area (TPSA) is 68.3 Å². The number of carbonyl (C=O) groups excluding carboxylic acids is 2. The molecule has 1 aliphatic rings. The van der Waals surface area contributed by atoms with E-state index in [1.54, 1.807) is 29.4 Å². The molecule has 0 aliphatic carbocycles. The van der Waals surface area contributed by atoms with Gasteiger partial charge in [-0.05, 0) is 47.3 Å². The second-order valence-electron chi connectivity index (χ2n) is 7.89. The summed E-state index contributed by atoms with van der Waals surface area (Å²) in [6, 6.07) is 14.2. The van der Waals surface area contributed by atoms with Crippen molar-refractivity contribution in [3.8, 4) is 11.5 Å². The summed E-state index contributed by atoms with van der Waals surface area (Å²) >= 11 is 13.8. The fourth-order valence-corrected chi connectivity index (χ4v) is 4.91. The molecule has 0 atom stereocenters. The van der Waals surface area contributed by atoms with Crippen molar-refractivity contribution in [2.45, 2.75) is 13.1 Å². The first-order chi connectivity index (χ1) is 16.9. The van der Waals surface area contributed by atoms with Gasteiger partial charge in [-0.25, -0.2) is 0 Å². The average Bonchev–Trinajstić information content (AvgIpc) is 3.51. The highest BCUT2D eigenvalue weighted by Gasteiger charge is 2.24. The lowest BCUT2D eigenvalue weighted by molar-refractivity contribution is -0.133. The van der Waals surface area contributed by atoms with Crippen molar-refractivity contribution in [1.82, 2.24) is 9.80 Å². The molecule has 0 saturated carbocycles. The molecule has 10 heteroatoms. The van der Waals surface area contributed by atoms with E-state index in [1.807, 2.05) is 35.7 Å². The molecule has 3 aromatic rings. The molecule has 2 aromatic carbocycles. The Hall–Kier alpha value is -2.78. The minimum atomic E-state index is -0.348. The van der Waals surface area contributed by atoms with Crippen LogP contribution >= 0.6 is 34.5 Å². The summed E-state index contributed by atoms with van der Waals surface area (Å²) in [5.41, 5.74) is 1.21. The molecule has 0 bridgehead atoms. The molecule has 0 unspecified atom stereocenters. The number of rotatable bonds is 10. The fraction of sp³-hybridized carbons (Fsp3) is 0.280. The zero-order valence-corrected chi connectivity index (χ0v) is 21.4. The molecular formula is C25H24Cl2N2O5S. The SMILES string of the molecule is COCCN(CC(=O)N(Cc1ccc2c(c1)OCO2)Cc1cccs1)C(=O)c1cc(Cl)cc(Cl)c1. The van der Waals surface area contributed by atoms with Crippen molar-refractivity contribution in [2.24, 2.45) is 0 Å². The Balaban J connectivity index is 1.55. The van der Waals surface area contributed by atoms with Crippen LogP contribution in [-0.2, 0) is 22.6 Å². The molecule has 4 rings (SSSR count). The summed E-state index contributed by atoms with van der Waals surface area (Å²) in [7, 11) is 1.55. The Morgan fingerprint density at radius 2 is 1.77 bits per heavy atom. The van der Waals surface area contributed by atoms with Crippen molar-refractivity contribution in [3.63, 3.8) is 0 Å². The predicted molar refractivity (Wildman–Crippen MR) is 135 cm³/mol. The molecule has 2 amide bonds. The highest BCUT2D eigenvalue weighted by atomic mass is 35.5. The van der Waals surface area contributed by atoms with E-state index in [4.69, 9.17) is 37.4 Å². The number of nitrogens with zero attached hydrogens (tertiary/aromatic N) is 2. The van der Waals surface area contributed by atoms with Gasteiger partial charge in [-0.15, -0.1) is 11.3 Å². The summed E-state index contributed by atoms with van der Waals surface area (Å²) in [6.45, 7) is 1.34. The Morgan fingerprint density at radius 1 is 1.00 bits per heavy atom. The van der Waals surface area contributed by atoms with Crippen LogP contribution in [0.15, 0.2) is 53.9 Å². The van der Waals surface area contributed by atoms with E-state index < -0.39 is 0 Å². The summed E-state index contributed by atoms with van der Waals surface area (Å²) in [5, 5.41) is 2.66. The Labute approximate surface area is 217 Å². The molecule has 2 heterocycles. The van der Waals surface area contributed by atoms with Crippen molar-refractivity contribution >= 4 is 46.4 Å². The third-order valence-corrected chi connectivity index (χ3v) is 6.68. The van der Waals surface area contributed by atoms with Gasteiger partial charge in [0, 0.05) is 40.7 Å². The lowest BCUT2D eigenvalue weighted by Gasteiger charge is -2.28. The molecule has 35 heavy (non-hydrogen) atoms. The molecule has 1 aromatic heterocycles. The Morgan fingerprint density at radius 3 is 2.49 bits per heavy atom. The second kappa shape index (κ2) is 11.8. The van der Waals surface area contributed by atoms with Gasteiger partial charge < -0.3 is 24.0 Å². The summed E-state index contributed by atoms with van der Waals surface area (Å²) in [6.07, 6.45) is 0. The monoisotopic (exact) mass is 534 g/mol. The third-order valence-electron chi connectivity index (χ3n) is 5.38. The average molecular weight is 535 g/mol. The zero-order chi connectivity index (χ0) is 24.8. The standard InChI is InChI=1S/C25H24Cl2N2O5S/c1-32-7-6-28(25(31)18-10-19(26)12-20(27)11-18)15-24(30)29(14-21-3-2-8-35-21)13-17-4-5-22-23(9-17)34-16-33-22/h2-5,8-12H,6-7,13-16H2,1H3. The highest BCUT2D eigenvalue weighted by Crippen LogP contribution is 2.33. The van der Waals surface area contributed by atoms with Gasteiger partial charge in [-0.3, -0.25) is 9.59 Å². The number of fused-ring (bicyclic) bond motifs is 1. The van der Waals surface area contributed by atoms with Gasteiger partial charge in [0.1, 0.15) is 6.54 Å². The van der Waals surface area contributed by atoms with Crippen LogP contribution in [0.4, 0.5) is 0 Å². The predicted octanol–water partition coefficient (Wildman–Crippen LogP) is 5.10. The first-order valence-corrected chi connectivity index (χ1v) is 12.5. The van der Waals surface area contributed by atoms with E-state index >= 15 is 0 Å². The summed E-state index contributed by atoms with van der Waals surface area (Å²) in [5.74, 6) is 0.787. The molecule has 7 nitrogen and oxygen atoms in total. The van der Waals surface area contributed by atoms with Crippen LogP contribution in [0.5, 0.6) is 11.5 Å². The lowest BCUT2D eigenvalue weighted by Crippen LogP contribution is -2.43. The molecule has 0 spiro atoms. The second-order valence-corrected chi connectivity index (χ2v) is 9.80. The minimum absolute atomic E-state index is 0.123. The van der Waals surface area contributed by atoms with Gasteiger partial charge in [-0.1, -0.05) is 35.3 Å². The quantitative estimate of drug-likeness (QED) is 0.362. The first-order valence-electron chi connectivity index (χ1n) is 10.9. The minimum Gasteiger partial charge on any atom is -0.454 e. The largest absolute Gasteiger partial charge is 0.454 e. The van der Waals surface area contributed by atoms with Crippen molar-refractivity contribution in [1.29, 1.82) is 0 Å². The van der Waals surface area contributed by atoms with Gasteiger partial charge in [-0.2, -0.15) is 0 Å². The summed E-state index contributed by atoms with van der Waals surface area (Å²) < 4.78 is 16.1. The van der Waals surface area contributed by atoms with Crippen LogP contribution < -0.4 is 9.47 Å². The van der Waals surface area contributed by atoms with Crippen LogP contribution in [-0.4, -0.2) is 55.2 Å². The fourth-order valence-electron chi connectivity index (χ4n) is 3.66. The first kappa shape index (κ1) is 25.3. The van der Waals surface area contributed by atoms with E-state index in [0.717, 1.165) is 10.4 Å². The molecule has 0 radical (unpaired) electrons. The number of thiophene rings is 1. The van der Waals surface area contributed by atoms with Crippen LogP contribution in [0.25, 0.3) is 0 Å². The van der Waals surface area contributed by atoms with Crippen LogP contribution in [0.2, 0.25) is 10.0 Å². The number of methoxy groups -OCH3 is 1. The molecule has 0 N–H and O–H groups in total. The lowest BCUT2D eigenvalue weighted by atomic mass is 10.1. The van der Waals surface area contributed by atoms with Gasteiger partial charge in [0.25, 0.3) is 5.91 Å². The molecule has 0 saturated heterocycles. The van der Waals surface area contributed by atoms with Crippen LogP contribution in [0.3, 0.4) is 0 Å². The number of amides is 2. The van der Waals surface area contributed by atoms with E-state index in [2.05, 4.69) is 0 Å². The number of benzene rings is 2. The van der Waals surface area contributed by atoms with Gasteiger partial charge in [0.05, 0.1) is 13.2 Å². The molecule has 0 fully saturated rings. The normalized spacial score (nSPS) is 12.0. The van der Waals surface area contributed by atoms with Crippen LogP contribution in [0, 0.1) is 0 Å². The number of hydrogen-bond donors (Lipinski definition) is 0. The maximum absolute atomic E-state index is 13.5. The van der Waals surface area contributed by atoms with Crippen LogP contribution in [0.1, 0.15) is 20.8 Å². The van der Waals surface area contributed by atoms with Gasteiger partial charge in [0.15, 0.2) is 11.5 Å². The third kappa shape index (κ3) is 6.67. The number of halogens is 2. The smallest absolute Gasteiger partial charge is 0.254 e. The summed E-state index contributed by atoms with van der Waals surface area (Å²) in [4.78, 5) is 31.0. The highest BCUT2D eigenvalue weighted by molar-refractivity contribution is 7.09. The van der Waals surface area contributed by atoms with Crippen molar-refractivity contribution < 1.29 is 23.8 Å².